The molecular formula is C30H30N2O6S. The molecule has 202 valence electrons. The van der Waals surface area contributed by atoms with E-state index in [-0.39, 0.29) is 11.5 Å². The minimum Gasteiger partial charge on any atom is -0.389 e. The molecule has 0 unspecified atom stereocenters. The fourth-order valence-corrected chi connectivity index (χ4v) is 5.38. The Bertz CT molecular complexity index is 1610. The zero-order valence-corrected chi connectivity index (χ0v) is 22.5. The molecule has 9 heteroatoms. The second-order valence-electron chi connectivity index (χ2n) is 9.58. The molecule has 8 nitrogen and oxygen atoms in total. The zero-order chi connectivity index (χ0) is 27.6. The molecule has 4 aromatic rings. The van der Waals surface area contributed by atoms with Gasteiger partial charge >= 0.3 is 10.1 Å². The van der Waals surface area contributed by atoms with Crippen molar-refractivity contribution in [3.63, 3.8) is 0 Å². The Morgan fingerprint density at radius 2 is 1.82 bits per heavy atom. The number of nitrogens with two attached hydrogens (primary N) is 1. The van der Waals surface area contributed by atoms with Crippen molar-refractivity contribution < 1.29 is 27.3 Å². The number of hydrogen-bond acceptors (Lipinski definition) is 7. The summed E-state index contributed by atoms with van der Waals surface area (Å²) in [6.45, 7) is 3.78. The van der Waals surface area contributed by atoms with Crippen LogP contribution in [-0.4, -0.2) is 49.4 Å². The molecule has 0 radical (unpaired) electrons. The first-order valence-electron chi connectivity index (χ1n) is 12.6. The highest BCUT2D eigenvalue weighted by Gasteiger charge is 2.33. The highest BCUT2D eigenvalue weighted by Crippen LogP contribution is 2.29. The van der Waals surface area contributed by atoms with Crippen molar-refractivity contribution in [3.8, 4) is 23.1 Å². The molecule has 0 saturated carbocycles. The van der Waals surface area contributed by atoms with Crippen LogP contribution in [-0.2, 0) is 19.6 Å². The molecule has 5 rings (SSSR count). The fourth-order valence-electron chi connectivity index (χ4n) is 4.47. The summed E-state index contributed by atoms with van der Waals surface area (Å²) in [5, 5.41) is 10.7. The molecule has 2 heterocycles. The van der Waals surface area contributed by atoms with Gasteiger partial charge in [0.05, 0.1) is 23.4 Å². The molecule has 0 spiro atoms. The summed E-state index contributed by atoms with van der Waals surface area (Å²) in [7, 11) is -4.09. The lowest BCUT2D eigenvalue weighted by Crippen LogP contribution is -2.51. The lowest BCUT2D eigenvalue weighted by atomic mass is 10.0. The average molecular weight is 547 g/mol. The summed E-state index contributed by atoms with van der Waals surface area (Å²) in [4.78, 5) is 0.0725. The number of rotatable bonds is 6. The monoisotopic (exact) mass is 546 g/mol. The van der Waals surface area contributed by atoms with Crippen LogP contribution in [0.15, 0.2) is 83.8 Å². The second kappa shape index (κ2) is 11.2. The number of benzene rings is 3. The minimum absolute atomic E-state index is 0.0725. The second-order valence-corrected chi connectivity index (χ2v) is 11.1. The van der Waals surface area contributed by atoms with E-state index >= 15 is 0 Å². The quantitative estimate of drug-likeness (QED) is 0.355. The number of aryl methyl sites for hydroxylation is 1. The van der Waals surface area contributed by atoms with E-state index in [0.717, 1.165) is 22.1 Å². The predicted molar refractivity (Wildman–Crippen MR) is 148 cm³/mol. The van der Waals surface area contributed by atoms with Gasteiger partial charge in [0, 0.05) is 29.0 Å². The third-order valence-electron chi connectivity index (χ3n) is 6.63. The van der Waals surface area contributed by atoms with E-state index in [0.29, 0.717) is 17.6 Å². The molecular weight excluding hydrogens is 516 g/mol. The van der Waals surface area contributed by atoms with Gasteiger partial charge in [0.15, 0.2) is 6.29 Å². The third-order valence-corrected chi connectivity index (χ3v) is 7.83. The van der Waals surface area contributed by atoms with Crippen molar-refractivity contribution in [1.82, 2.24) is 4.73 Å². The Hall–Kier alpha value is -3.65. The average Bonchev–Trinajstić information content (AvgIpc) is 3.27. The number of ether oxygens (including phenoxy) is 2. The highest BCUT2D eigenvalue weighted by molar-refractivity contribution is 7.87. The lowest BCUT2D eigenvalue weighted by Gasteiger charge is -2.35. The van der Waals surface area contributed by atoms with E-state index in [1.165, 1.54) is 16.9 Å². The Kier molecular flexibility index (Phi) is 7.75. The number of fused-ring (bicyclic) bond motifs is 1. The third kappa shape index (κ3) is 6.01. The van der Waals surface area contributed by atoms with Crippen molar-refractivity contribution >= 4 is 21.0 Å². The molecule has 1 aliphatic rings. The number of nitrogens with zero attached hydrogens (tertiary/aromatic N) is 1. The molecule has 1 saturated heterocycles. The van der Waals surface area contributed by atoms with E-state index in [2.05, 4.69) is 11.8 Å². The van der Waals surface area contributed by atoms with E-state index in [4.69, 9.17) is 19.5 Å². The lowest BCUT2D eigenvalue weighted by molar-refractivity contribution is -0.217. The summed E-state index contributed by atoms with van der Waals surface area (Å²) >= 11 is 0. The van der Waals surface area contributed by atoms with Crippen LogP contribution in [0.5, 0.6) is 0 Å². The molecule has 3 aromatic carbocycles. The summed E-state index contributed by atoms with van der Waals surface area (Å²) in [6.07, 6.45) is -1.26. The van der Waals surface area contributed by atoms with Gasteiger partial charge in [-0.05, 0) is 50.2 Å². The predicted octanol–water partition coefficient (Wildman–Crippen LogP) is 3.63. The fraction of sp³-hybridized carbons (Fsp3) is 0.267. The van der Waals surface area contributed by atoms with Gasteiger partial charge < -0.3 is 20.3 Å². The van der Waals surface area contributed by atoms with Crippen molar-refractivity contribution in [2.45, 2.75) is 49.7 Å². The van der Waals surface area contributed by atoms with Gasteiger partial charge in [0.2, 0.25) is 0 Å². The molecule has 1 aromatic heterocycles. The molecule has 1 fully saturated rings. The number of hydrogen-bond donors (Lipinski definition) is 2. The van der Waals surface area contributed by atoms with Crippen LogP contribution in [0.3, 0.4) is 0 Å². The van der Waals surface area contributed by atoms with Gasteiger partial charge in [-0.25, -0.2) is 0 Å². The Morgan fingerprint density at radius 1 is 1.08 bits per heavy atom. The first-order chi connectivity index (χ1) is 18.7. The summed E-state index contributed by atoms with van der Waals surface area (Å²) in [5.74, 6) is 6.06. The topological polar surface area (TPSA) is 113 Å². The van der Waals surface area contributed by atoms with Crippen LogP contribution < -0.4 is 10.0 Å². The number of aliphatic hydroxyl groups is 1. The van der Waals surface area contributed by atoms with Crippen LogP contribution in [0.25, 0.3) is 22.2 Å². The van der Waals surface area contributed by atoms with Crippen LogP contribution in [0.1, 0.15) is 24.5 Å². The Morgan fingerprint density at radius 3 is 2.54 bits per heavy atom. The van der Waals surface area contributed by atoms with E-state index in [9.17, 15) is 13.5 Å². The molecule has 4 atom stereocenters. The minimum atomic E-state index is -4.09. The van der Waals surface area contributed by atoms with Gasteiger partial charge in [-0.2, -0.15) is 13.1 Å². The van der Waals surface area contributed by atoms with Gasteiger partial charge in [-0.1, -0.05) is 59.9 Å². The molecule has 0 aliphatic carbocycles. The van der Waals surface area contributed by atoms with E-state index < -0.39 is 34.7 Å². The maximum Gasteiger partial charge on any atom is 0.357 e. The van der Waals surface area contributed by atoms with Gasteiger partial charge in [0.1, 0.15) is 11.5 Å². The van der Waals surface area contributed by atoms with Crippen LogP contribution in [0.4, 0.5) is 0 Å². The Labute approximate surface area is 228 Å². The maximum absolute atomic E-state index is 13.2. The molecule has 3 N–H and O–H groups in total. The number of aliphatic hydroxyl groups excluding tert-OH is 1. The SMILES string of the molecule is Cc1ccc(S(=O)(=O)On2c(-c3ccccc3)cc3cc(C#CCO[C@H]4C[C@H](N)[C@H](O)[C@H](C)O4)ccc32)cc1. The van der Waals surface area contributed by atoms with Crippen molar-refractivity contribution in [3.05, 3.63) is 90.0 Å². The van der Waals surface area contributed by atoms with Gasteiger partial charge in [-0.15, -0.1) is 0 Å². The first-order valence-corrected chi connectivity index (χ1v) is 14.0. The maximum atomic E-state index is 13.2. The summed E-state index contributed by atoms with van der Waals surface area (Å²) in [6, 6.07) is 22.9. The van der Waals surface area contributed by atoms with Crippen molar-refractivity contribution in [1.29, 1.82) is 0 Å². The first kappa shape index (κ1) is 26.9. The number of aromatic nitrogens is 1. The van der Waals surface area contributed by atoms with Crippen LogP contribution in [0, 0.1) is 18.8 Å². The normalized spacial score (nSPS) is 21.3. The summed E-state index contributed by atoms with van der Waals surface area (Å²) < 4.78 is 44.7. The molecule has 1 aliphatic heterocycles. The molecule has 0 bridgehead atoms. The van der Waals surface area contributed by atoms with Gasteiger partial charge in [0.25, 0.3) is 0 Å². The van der Waals surface area contributed by atoms with Crippen LogP contribution >= 0.6 is 0 Å². The smallest absolute Gasteiger partial charge is 0.357 e. The largest absolute Gasteiger partial charge is 0.389 e. The van der Waals surface area contributed by atoms with Gasteiger partial charge in [-0.3, -0.25) is 4.28 Å². The van der Waals surface area contributed by atoms with E-state index in [1.54, 1.807) is 31.2 Å². The van der Waals surface area contributed by atoms with Crippen LogP contribution in [0.2, 0.25) is 0 Å². The zero-order valence-electron chi connectivity index (χ0n) is 21.7. The van der Waals surface area contributed by atoms with E-state index in [1.807, 2.05) is 49.4 Å². The summed E-state index contributed by atoms with van der Waals surface area (Å²) in [5.41, 5.74) is 9.61. The highest BCUT2D eigenvalue weighted by atomic mass is 32.2. The standard InChI is InChI=1S/C30H30N2O6S/c1-20-10-13-25(14-11-20)39(34,35)38-32-27-15-12-22(17-24(27)18-28(32)23-8-4-3-5-9-23)7-6-16-36-29-19-26(31)30(33)21(2)37-29/h3-5,8-15,17-18,21,26,29-30,33H,16,19,31H2,1-2H3/t21-,26-,29+,30+/m0/s1. The Balaban J connectivity index is 1.41. The molecule has 0 amide bonds. The van der Waals surface area contributed by atoms with Crippen molar-refractivity contribution in [2.24, 2.45) is 5.73 Å². The van der Waals surface area contributed by atoms with Crippen molar-refractivity contribution in [2.75, 3.05) is 6.61 Å². The molecule has 39 heavy (non-hydrogen) atoms.